The lowest BCUT2D eigenvalue weighted by molar-refractivity contribution is -0.128. The number of hydrogen-bond donors (Lipinski definition) is 0. The minimum Gasteiger partial charge on any atom is -0.349 e. The standard InChI is InChI=1S/C16H23N3O/c1-11(2)13-8-12(6-7-15(20)18(3)4)16-14(9-13)10-19(5)17-16/h8-11H,6-7H2,1-5H3. The fourth-order valence-corrected chi connectivity index (χ4v) is 2.34. The zero-order valence-corrected chi connectivity index (χ0v) is 13.0. The van der Waals surface area contributed by atoms with Gasteiger partial charge in [0, 0.05) is 39.1 Å². The molecule has 0 aliphatic carbocycles. The van der Waals surface area contributed by atoms with E-state index in [-0.39, 0.29) is 5.91 Å². The first-order chi connectivity index (χ1) is 9.38. The number of hydrogen-bond acceptors (Lipinski definition) is 2. The normalized spacial score (nSPS) is 11.3. The minimum absolute atomic E-state index is 0.157. The summed E-state index contributed by atoms with van der Waals surface area (Å²) in [5.41, 5.74) is 3.49. The third kappa shape index (κ3) is 3.00. The van der Waals surface area contributed by atoms with Crippen LogP contribution in [0.5, 0.6) is 0 Å². The lowest BCUT2D eigenvalue weighted by Crippen LogP contribution is -2.21. The molecule has 2 aromatic rings. The van der Waals surface area contributed by atoms with Crippen LogP contribution in [-0.4, -0.2) is 34.7 Å². The van der Waals surface area contributed by atoms with Crippen LogP contribution in [-0.2, 0) is 18.3 Å². The maximum atomic E-state index is 11.8. The zero-order valence-electron chi connectivity index (χ0n) is 13.0. The van der Waals surface area contributed by atoms with E-state index in [0.717, 1.165) is 17.3 Å². The molecule has 1 aromatic heterocycles. The van der Waals surface area contributed by atoms with Gasteiger partial charge in [0.05, 0.1) is 5.52 Å². The number of aryl methyl sites for hydroxylation is 2. The Hall–Kier alpha value is -1.84. The number of carbonyl (C=O) groups excluding carboxylic acids is 1. The molecular weight excluding hydrogens is 250 g/mol. The smallest absolute Gasteiger partial charge is 0.222 e. The summed E-state index contributed by atoms with van der Waals surface area (Å²) in [6, 6.07) is 4.40. The number of amides is 1. The number of rotatable bonds is 4. The third-order valence-corrected chi connectivity index (χ3v) is 3.60. The van der Waals surface area contributed by atoms with Crippen molar-refractivity contribution in [2.24, 2.45) is 7.05 Å². The molecule has 0 fully saturated rings. The van der Waals surface area contributed by atoms with Crippen LogP contribution in [0.1, 0.15) is 37.3 Å². The van der Waals surface area contributed by atoms with Gasteiger partial charge in [-0.1, -0.05) is 19.9 Å². The second-order valence-corrected chi connectivity index (χ2v) is 5.86. The Bertz CT molecular complexity index is 626. The van der Waals surface area contributed by atoms with Crippen molar-refractivity contribution >= 4 is 16.8 Å². The summed E-state index contributed by atoms with van der Waals surface area (Å²) in [7, 11) is 5.52. The van der Waals surface area contributed by atoms with Crippen LogP contribution in [0.3, 0.4) is 0 Å². The highest BCUT2D eigenvalue weighted by molar-refractivity contribution is 5.83. The first-order valence-electron chi connectivity index (χ1n) is 7.05. The van der Waals surface area contributed by atoms with Crippen LogP contribution in [0, 0.1) is 0 Å². The molecule has 0 N–H and O–H groups in total. The molecule has 0 bridgehead atoms. The number of aromatic nitrogens is 2. The molecule has 4 nitrogen and oxygen atoms in total. The average molecular weight is 273 g/mol. The van der Waals surface area contributed by atoms with E-state index in [1.807, 2.05) is 17.9 Å². The van der Waals surface area contributed by atoms with Crippen molar-refractivity contribution in [2.45, 2.75) is 32.6 Å². The predicted molar refractivity (Wildman–Crippen MR) is 81.8 cm³/mol. The Balaban J connectivity index is 2.36. The van der Waals surface area contributed by atoms with Gasteiger partial charge < -0.3 is 4.90 Å². The second-order valence-electron chi connectivity index (χ2n) is 5.86. The van der Waals surface area contributed by atoms with Crippen LogP contribution in [0.2, 0.25) is 0 Å². The van der Waals surface area contributed by atoms with Gasteiger partial charge in [0.2, 0.25) is 5.91 Å². The maximum absolute atomic E-state index is 11.8. The van der Waals surface area contributed by atoms with Crippen LogP contribution in [0.4, 0.5) is 0 Å². The molecule has 2 rings (SSSR count). The lowest BCUT2D eigenvalue weighted by atomic mass is 9.96. The molecule has 4 heteroatoms. The summed E-state index contributed by atoms with van der Waals surface area (Å²) in [5.74, 6) is 0.631. The van der Waals surface area contributed by atoms with E-state index in [1.54, 1.807) is 19.0 Å². The lowest BCUT2D eigenvalue weighted by Gasteiger charge is -2.12. The minimum atomic E-state index is 0.157. The van der Waals surface area contributed by atoms with Gasteiger partial charge in [-0.25, -0.2) is 0 Å². The van der Waals surface area contributed by atoms with Crippen molar-refractivity contribution in [3.63, 3.8) is 0 Å². The quantitative estimate of drug-likeness (QED) is 0.859. The third-order valence-electron chi connectivity index (χ3n) is 3.60. The molecule has 0 atom stereocenters. The Morgan fingerprint density at radius 3 is 2.65 bits per heavy atom. The van der Waals surface area contributed by atoms with Crippen molar-refractivity contribution in [3.05, 3.63) is 29.5 Å². The molecule has 20 heavy (non-hydrogen) atoms. The summed E-state index contributed by atoms with van der Waals surface area (Å²) in [4.78, 5) is 13.4. The Labute approximate surface area is 120 Å². The van der Waals surface area contributed by atoms with Gasteiger partial charge in [0.25, 0.3) is 0 Å². The van der Waals surface area contributed by atoms with E-state index in [1.165, 1.54) is 11.1 Å². The van der Waals surface area contributed by atoms with Gasteiger partial charge in [-0.15, -0.1) is 0 Å². The molecule has 0 radical (unpaired) electrons. The Morgan fingerprint density at radius 1 is 1.35 bits per heavy atom. The van der Waals surface area contributed by atoms with Gasteiger partial charge >= 0.3 is 0 Å². The molecule has 0 aliphatic heterocycles. The van der Waals surface area contributed by atoms with Gasteiger partial charge in [-0.05, 0) is 29.5 Å². The van der Waals surface area contributed by atoms with E-state index in [4.69, 9.17) is 0 Å². The molecule has 1 amide bonds. The molecule has 1 aromatic carbocycles. The summed E-state index contributed by atoms with van der Waals surface area (Å²) in [6.07, 6.45) is 3.31. The van der Waals surface area contributed by atoms with Gasteiger partial charge in [-0.2, -0.15) is 5.10 Å². The molecule has 0 saturated carbocycles. The van der Waals surface area contributed by atoms with Crippen molar-refractivity contribution in [1.82, 2.24) is 14.7 Å². The van der Waals surface area contributed by atoms with E-state index in [2.05, 4.69) is 31.1 Å². The fraction of sp³-hybridized carbons (Fsp3) is 0.500. The summed E-state index contributed by atoms with van der Waals surface area (Å²) in [6.45, 7) is 4.37. The highest BCUT2D eigenvalue weighted by Gasteiger charge is 2.12. The maximum Gasteiger partial charge on any atom is 0.222 e. The molecule has 1 heterocycles. The number of fused-ring (bicyclic) bond motifs is 1. The van der Waals surface area contributed by atoms with Gasteiger partial charge in [0.1, 0.15) is 0 Å². The first kappa shape index (κ1) is 14.6. The second kappa shape index (κ2) is 5.65. The van der Waals surface area contributed by atoms with E-state index in [9.17, 15) is 4.79 Å². The molecular formula is C16H23N3O. The van der Waals surface area contributed by atoms with E-state index >= 15 is 0 Å². The average Bonchev–Trinajstić information content (AvgIpc) is 2.75. The van der Waals surface area contributed by atoms with E-state index < -0.39 is 0 Å². The highest BCUT2D eigenvalue weighted by Crippen LogP contribution is 2.25. The van der Waals surface area contributed by atoms with Crippen molar-refractivity contribution in [1.29, 1.82) is 0 Å². The summed E-state index contributed by atoms with van der Waals surface area (Å²) < 4.78 is 1.84. The van der Waals surface area contributed by atoms with Crippen molar-refractivity contribution < 1.29 is 4.79 Å². The predicted octanol–water partition coefficient (Wildman–Crippen LogP) is 2.72. The fourth-order valence-electron chi connectivity index (χ4n) is 2.34. The SMILES string of the molecule is CC(C)c1cc(CCC(=O)N(C)C)c2nn(C)cc2c1. The van der Waals surface area contributed by atoms with Crippen LogP contribution in [0.15, 0.2) is 18.3 Å². The van der Waals surface area contributed by atoms with Crippen LogP contribution >= 0.6 is 0 Å². The molecule has 0 saturated heterocycles. The van der Waals surface area contributed by atoms with Gasteiger partial charge in [0.15, 0.2) is 0 Å². The molecule has 0 unspecified atom stereocenters. The largest absolute Gasteiger partial charge is 0.349 e. The number of carbonyl (C=O) groups is 1. The number of benzene rings is 1. The Kier molecular flexibility index (Phi) is 4.12. The number of nitrogens with zero attached hydrogens (tertiary/aromatic N) is 3. The van der Waals surface area contributed by atoms with Crippen molar-refractivity contribution in [3.8, 4) is 0 Å². The first-order valence-corrected chi connectivity index (χ1v) is 7.05. The summed E-state index contributed by atoms with van der Waals surface area (Å²) in [5, 5.41) is 5.69. The molecule has 0 spiro atoms. The van der Waals surface area contributed by atoms with Crippen molar-refractivity contribution in [2.75, 3.05) is 14.1 Å². The van der Waals surface area contributed by atoms with Crippen LogP contribution < -0.4 is 0 Å². The highest BCUT2D eigenvalue weighted by atomic mass is 16.2. The van der Waals surface area contributed by atoms with Crippen LogP contribution in [0.25, 0.3) is 10.9 Å². The Morgan fingerprint density at radius 2 is 2.05 bits per heavy atom. The topological polar surface area (TPSA) is 38.1 Å². The van der Waals surface area contributed by atoms with E-state index in [0.29, 0.717) is 12.3 Å². The molecule has 108 valence electrons. The van der Waals surface area contributed by atoms with Gasteiger partial charge in [-0.3, -0.25) is 9.48 Å². The monoisotopic (exact) mass is 273 g/mol. The molecule has 0 aliphatic rings. The summed E-state index contributed by atoms with van der Waals surface area (Å²) >= 11 is 0. The zero-order chi connectivity index (χ0) is 14.9.